The number of aliphatic carboxylic acids is 1. The van der Waals surface area contributed by atoms with Gasteiger partial charge in [-0.25, -0.2) is 0 Å². The lowest BCUT2D eigenvalue weighted by Gasteiger charge is -2.27. The van der Waals surface area contributed by atoms with E-state index in [1.165, 1.54) is 5.56 Å². The molecule has 5 heteroatoms. The number of carboxylic acids is 1. The summed E-state index contributed by atoms with van der Waals surface area (Å²) in [5.41, 5.74) is 1.19. The van der Waals surface area contributed by atoms with Crippen molar-refractivity contribution in [3.05, 3.63) is 35.9 Å². The number of hydrogen-bond donors (Lipinski definition) is 1. The zero-order chi connectivity index (χ0) is 16.7. The lowest BCUT2D eigenvalue weighted by molar-refractivity contribution is -0.142. The van der Waals surface area contributed by atoms with E-state index in [9.17, 15) is 9.59 Å². The van der Waals surface area contributed by atoms with Crippen LogP contribution in [0, 0.1) is 11.8 Å². The third-order valence-corrected chi connectivity index (χ3v) is 5.07. The monoisotopic (exact) mass is 323 g/mol. The topological polar surface area (TPSA) is 57.6 Å². The first-order chi connectivity index (χ1) is 10.3. The quantitative estimate of drug-likeness (QED) is 0.798. The standard InChI is InChI=1S/C17H25NO3S/c1-12(2)15(22-11-14-8-6-5-7-9-14)16(19)18(4)10-13(3)17(20)21/h5-9,12-13,15H,10-11H2,1-4H3,(H,20,21). The first-order valence-electron chi connectivity index (χ1n) is 7.46. The number of benzene rings is 1. The summed E-state index contributed by atoms with van der Waals surface area (Å²) in [6.07, 6.45) is 0. The van der Waals surface area contributed by atoms with Gasteiger partial charge in [0.25, 0.3) is 0 Å². The smallest absolute Gasteiger partial charge is 0.308 e. The zero-order valence-corrected chi connectivity index (χ0v) is 14.5. The van der Waals surface area contributed by atoms with E-state index in [1.807, 2.05) is 44.2 Å². The van der Waals surface area contributed by atoms with Gasteiger partial charge in [-0.2, -0.15) is 0 Å². The van der Waals surface area contributed by atoms with E-state index in [2.05, 4.69) is 0 Å². The highest BCUT2D eigenvalue weighted by molar-refractivity contribution is 7.99. The molecule has 0 spiro atoms. The lowest BCUT2D eigenvalue weighted by atomic mass is 10.1. The van der Waals surface area contributed by atoms with E-state index in [0.29, 0.717) is 0 Å². The van der Waals surface area contributed by atoms with Gasteiger partial charge in [0.05, 0.1) is 11.2 Å². The van der Waals surface area contributed by atoms with Gasteiger partial charge in [-0.15, -0.1) is 11.8 Å². The summed E-state index contributed by atoms with van der Waals surface area (Å²) in [4.78, 5) is 25.0. The molecule has 1 amide bonds. The molecule has 1 aromatic carbocycles. The Morgan fingerprint density at radius 1 is 1.18 bits per heavy atom. The van der Waals surface area contributed by atoms with Crippen molar-refractivity contribution < 1.29 is 14.7 Å². The van der Waals surface area contributed by atoms with Gasteiger partial charge in [-0.05, 0) is 11.5 Å². The van der Waals surface area contributed by atoms with E-state index >= 15 is 0 Å². The molecule has 4 nitrogen and oxygen atoms in total. The maximum Gasteiger partial charge on any atom is 0.308 e. The molecular formula is C17H25NO3S. The molecule has 0 fully saturated rings. The Balaban J connectivity index is 2.65. The SMILES string of the molecule is CC(CN(C)C(=O)C(SCc1ccccc1)C(C)C)C(=O)O. The first kappa shape index (κ1) is 18.6. The fourth-order valence-corrected chi connectivity index (χ4v) is 3.38. The van der Waals surface area contributed by atoms with E-state index in [4.69, 9.17) is 5.11 Å². The van der Waals surface area contributed by atoms with Gasteiger partial charge in [0, 0.05) is 19.3 Å². The highest BCUT2D eigenvalue weighted by atomic mass is 32.2. The Labute approximate surface area is 136 Å². The van der Waals surface area contributed by atoms with E-state index in [1.54, 1.807) is 30.6 Å². The number of thioether (sulfide) groups is 1. The largest absolute Gasteiger partial charge is 0.481 e. The Morgan fingerprint density at radius 2 is 1.77 bits per heavy atom. The second-order valence-corrected chi connectivity index (χ2v) is 7.05. The molecule has 0 aliphatic carbocycles. The normalized spacial score (nSPS) is 13.7. The predicted octanol–water partition coefficient (Wildman–Crippen LogP) is 3.12. The van der Waals surface area contributed by atoms with E-state index < -0.39 is 11.9 Å². The summed E-state index contributed by atoms with van der Waals surface area (Å²) < 4.78 is 0. The second-order valence-electron chi connectivity index (χ2n) is 5.92. The van der Waals surface area contributed by atoms with Crippen LogP contribution in [0.25, 0.3) is 0 Å². The van der Waals surface area contributed by atoms with Gasteiger partial charge in [-0.3, -0.25) is 9.59 Å². The molecule has 122 valence electrons. The number of carbonyl (C=O) groups is 2. The van der Waals surface area contributed by atoms with Gasteiger partial charge >= 0.3 is 5.97 Å². The average molecular weight is 323 g/mol. The van der Waals surface area contributed by atoms with Gasteiger partial charge in [0.2, 0.25) is 5.91 Å². The minimum absolute atomic E-state index is 0.00373. The van der Waals surface area contributed by atoms with Gasteiger partial charge in [0.15, 0.2) is 0 Å². The molecule has 0 aliphatic rings. The highest BCUT2D eigenvalue weighted by Gasteiger charge is 2.27. The summed E-state index contributed by atoms with van der Waals surface area (Å²) in [5.74, 6) is -0.455. The van der Waals surface area contributed by atoms with Crippen molar-refractivity contribution in [2.24, 2.45) is 11.8 Å². The van der Waals surface area contributed by atoms with Crippen LogP contribution < -0.4 is 0 Å². The average Bonchev–Trinajstić information content (AvgIpc) is 2.47. The molecule has 0 heterocycles. The summed E-state index contributed by atoms with van der Waals surface area (Å²) in [5, 5.41) is 8.81. The molecule has 1 rings (SSSR count). The van der Waals surface area contributed by atoms with Crippen LogP contribution in [0.3, 0.4) is 0 Å². The first-order valence-corrected chi connectivity index (χ1v) is 8.51. The van der Waals surface area contributed by atoms with Crippen LogP contribution >= 0.6 is 11.8 Å². The van der Waals surface area contributed by atoms with Crippen molar-refractivity contribution in [2.45, 2.75) is 31.8 Å². The third-order valence-electron chi connectivity index (χ3n) is 3.47. The summed E-state index contributed by atoms with van der Waals surface area (Å²) >= 11 is 1.62. The van der Waals surface area contributed by atoms with Crippen molar-refractivity contribution >= 4 is 23.6 Å². The summed E-state index contributed by atoms with van der Waals surface area (Å²) in [6.45, 7) is 5.90. The van der Waals surface area contributed by atoms with Crippen LogP contribution in [0.15, 0.2) is 30.3 Å². The van der Waals surface area contributed by atoms with E-state index in [0.717, 1.165) is 5.75 Å². The van der Waals surface area contributed by atoms with Crippen LogP contribution in [0.2, 0.25) is 0 Å². The minimum atomic E-state index is -0.877. The summed E-state index contributed by atoms with van der Waals surface area (Å²) in [7, 11) is 1.68. The number of carbonyl (C=O) groups excluding carboxylic acids is 1. The maximum atomic E-state index is 12.6. The molecule has 0 saturated carbocycles. The molecule has 0 radical (unpaired) electrons. The molecule has 0 bridgehead atoms. The Hall–Kier alpha value is -1.49. The summed E-state index contributed by atoms with van der Waals surface area (Å²) in [6, 6.07) is 10.0. The maximum absolute atomic E-state index is 12.6. The Bertz CT molecular complexity index is 490. The predicted molar refractivity (Wildman–Crippen MR) is 90.8 cm³/mol. The third kappa shape index (κ3) is 5.72. The Morgan fingerprint density at radius 3 is 2.27 bits per heavy atom. The molecule has 1 aromatic rings. The number of carboxylic acid groups (broad SMARTS) is 1. The fraction of sp³-hybridized carbons (Fsp3) is 0.529. The van der Waals surface area contributed by atoms with Crippen molar-refractivity contribution in [2.75, 3.05) is 13.6 Å². The molecular weight excluding hydrogens is 298 g/mol. The molecule has 2 unspecified atom stereocenters. The highest BCUT2D eigenvalue weighted by Crippen LogP contribution is 2.25. The Kier molecular flexibility index (Phi) is 7.45. The molecule has 0 saturated heterocycles. The lowest BCUT2D eigenvalue weighted by Crippen LogP contribution is -2.40. The van der Waals surface area contributed by atoms with E-state index in [-0.39, 0.29) is 23.6 Å². The number of hydrogen-bond acceptors (Lipinski definition) is 3. The second kappa shape index (κ2) is 8.83. The zero-order valence-electron chi connectivity index (χ0n) is 13.7. The number of amides is 1. The van der Waals surface area contributed by atoms with Crippen LogP contribution in [-0.2, 0) is 15.3 Å². The van der Waals surface area contributed by atoms with Gasteiger partial charge in [-0.1, -0.05) is 51.1 Å². The van der Waals surface area contributed by atoms with Crippen LogP contribution in [-0.4, -0.2) is 40.7 Å². The van der Waals surface area contributed by atoms with Crippen LogP contribution in [0.5, 0.6) is 0 Å². The van der Waals surface area contributed by atoms with Crippen molar-refractivity contribution in [1.29, 1.82) is 0 Å². The van der Waals surface area contributed by atoms with Gasteiger partial charge in [0.1, 0.15) is 0 Å². The van der Waals surface area contributed by atoms with Crippen LogP contribution in [0.4, 0.5) is 0 Å². The molecule has 1 N–H and O–H groups in total. The van der Waals surface area contributed by atoms with Crippen molar-refractivity contribution in [1.82, 2.24) is 4.90 Å². The van der Waals surface area contributed by atoms with Crippen molar-refractivity contribution in [3.63, 3.8) is 0 Å². The van der Waals surface area contributed by atoms with Crippen molar-refractivity contribution in [3.8, 4) is 0 Å². The van der Waals surface area contributed by atoms with Gasteiger partial charge < -0.3 is 10.0 Å². The number of nitrogens with zero attached hydrogens (tertiary/aromatic N) is 1. The number of rotatable bonds is 8. The minimum Gasteiger partial charge on any atom is -0.481 e. The fourth-order valence-electron chi connectivity index (χ4n) is 2.11. The molecule has 0 aromatic heterocycles. The molecule has 22 heavy (non-hydrogen) atoms. The molecule has 2 atom stereocenters. The van der Waals surface area contributed by atoms with Crippen LogP contribution in [0.1, 0.15) is 26.3 Å². The molecule has 0 aliphatic heterocycles.